The van der Waals surface area contributed by atoms with Crippen LogP contribution in [-0.4, -0.2) is 30.2 Å². The highest BCUT2D eigenvalue weighted by Gasteiger charge is 2.16. The summed E-state index contributed by atoms with van der Waals surface area (Å²) in [4.78, 5) is 24.2. The predicted octanol–water partition coefficient (Wildman–Crippen LogP) is 1.55. The molecule has 1 saturated heterocycles. The van der Waals surface area contributed by atoms with Gasteiger partial charge < -0.3 is 14.6 Å². The first-order chi connectivity index (χ1) is 10.0. The minimum Gasteiger partial charge on any atom is -0.381 e. The molecule has 1 aliphatic heterocycles. The van der Waals surface area contributed by atoms with Crippen LogP contribution in [-0.2, 0) is 11.8 Å². The zero-order valence-corrected chi connectivity index (χ0v) is 13.1. The van der Waals surface area contributed by atoms with Gasteiger partial charge in [0.15, 0.2) is 0 Å². The Bertz CT molecular complexity index is 572. The average molecular weight is 292 g/mol. The van der Waals surface area contributed by atoms with Crippen molar-refractivity contribution in [3.8, 4) is 0 Å². The van der Waals surface area contributed by atoms with Crippen LogP contribution < -0.4 is 10.9 Å². The number of nitrogens with one attached hydrogen (secondary N) is 1. The molecule has 0 radical (unpaired) electrons. The molecule has 5 heteroatoms. The summed E-state index contributed by atoms with van der Waals surface area (Å²) in [6, 6.07) is 1.68. The molecule has 0 unspecified atom stereocenters. The van der Waals surface area contributed by atoms with E-state index in [-0.39, 0.29) is 17.0 Å². The van der Waals surface area contributed by atoms with E-state index in [1.807, 2.05) is 13.8 Å². The minimum absolute atomic E-state index is 0.227. The number of nitrogens with zero attached hydrogens (tertiary/aromatic N) is 1. The first-order valence-electron chi connectivity index (χ1n) is 7.54. The van der Waals surface area contributed by atoms with Crippen LogP contribution in [0, 0.1) is 19.8 Å². The molecule has 0 aliphatic carbocycles. The normalized spacial score (nSPS) is 18.0. The van der Waals surface area contributed by atoms with Gasteiger partial charge in [0.1, 0.15) is 5.56 Å². The number of ether oxygens (including phenoxy) is 1. The molecule has 0 saturated carbocycles. The third-order valence-corrected chi connectivity index (χ3v) is 4.31. The van der Waals surface area contributed by atoms with E-state index in [0.29, 0.717) is 12.5 Å². The lowest BCUT2D eigenvalue weighted by molar-refractivity contribution is 0.0950. The molecule has 21 heavy (non-hydrogen) atoms. The van der Waals surface area contributed by atoms with E-state index in [0.717, 1.165) is 43.7 Å². The Hall–Kier alpha value is -1.62. The third-order valence-electron chi connectivity index (χ3n) is 4.31. The lowest BCUT2D eigenvalue weighted by Gasteiger charge is -2.11. The Kier molecular flexibility index (Phi) is 5.17. The molecule has 1 aromatic rings. The summed E-state index contributed by atoms with van der Waals surface area (Å²) in [5, 5.41) is 2.84. The topological polar surface area (TPSA) is 60.3 Å². The number of rotatable bonds is 5. The van der Waals surface area contributed by atoms with Crippen molar-refractivity contribution < 1.29 is 9.53 Å². The summed E-state index contributed by atoms with van der Waals surface area (Å²) in [5.74, 6) is 0.345. The summed E-state index contributed by atoms with van der Waals surface area (Å²) in [6.07, 6.45) is 3.10. The second kappa shape index (κ2) is 6.89. The maximum Gasteiger partial charge on any atom is 0.263 e. The zero-order chi connectivity index (χ0) is 15.4. The summed E-state index contributed by atoms with van der Waals surface area (Å²) < 4.78 is 6.85. The first-order valence-corrected chi connectivity index (χ1v) is 7.54. The maximum absolute atomic E-state index is 12.1. The van der Waals surface area contributed by atoms with E-state index in [9.17, 15) is 9.59 Å². The molecule has 0 bridgehead atoms. The fourth-order valence-electron chi connectivity index (χ4n) is 2.64. The lowest BCUT2D eigenvalue weighted by Crippen LogP contribution is -2.34. The van der Waals surface area contributed by atoms with Gasteiger partial charge in [0, 0.05) is 32.5 Å². The van der Waals surface area contributed by atoms with Crippen molar-refractivity contribution in [2.45, 2.75) is 33.1 Å². The highest BCUT2D eigenvalue weighted by molar-refractivity contribution is 5.94. The fraction of sp³-hybridized carbons (Fsp3) is 0.625. The molecule has 1 N–H and O–H groups in total. The molecular weight excluding hydrogens is 268 g/mol. The Balaban J connectivity index is 1.90. The van der Waals surface area contributed by atoms with Gasteiger partial charge in [0.05, 0.1) is 0 Å². The largest absolute Gasteiger partial charge is 0.381 e. The number of amides is 1. The van der Waals surface area contributed by atoms with Gasteiger partial charge in [-0.3, -0.25) is 9.59 Å². The van der Waals surface area contributed by atoms with Gasteiger partial charge in [-0.05, 0) is 50.7 Å². The molecule has 1 fully saturated rings. The summed E-state index contributed by atoms with van der Waals surface area (Å²) >= 11 is 0. The van der Waals surface area contributed by atoms with Crippen LogP contribution in [0.15, 0.2) is 10.9 Å². The van der Waals surface area contributed by atoms with Crippen LogP contribution >= 0.6 is 0 Å². The van der Waals surface area contributed by atoms with Gasteiger partial charge >= 0.3 is 0 Å². The number of pyridine rings is 1. The lowest BCUT2D eigenvalue weighted by atomic mass is 10.0. The second-order valence-corrected chi connectivity index (χ2v) is 5.82. The molecule has 0 aromatic carbocycles. The number of hydrogen-bond acceptors (Lipinski definition) is 3. The number of carbonyl (C=O) groups excluding carboxylic acids is 1. The predicted molar refractivity (Wildman–Crippen MR) is 81.7 cm³/mol. The van der Waals surface area contributed by atoms with Crippen molar-refractivity contribution in [1.29, 1.82) is 0 Å². The first kappa shape index (κ1) is 15.8. The molecule has 116 valence electrons. The number of carbonyl (C=O) groups is 1. The van der Waals surface area contributed by atoms with E-state index in [4.69, 9.17) is 4.74 Å². The standard InChI is InChI=1S/C16H24N2O3/c1-11-9-14(16(20)18(3)12(11)2)15(19)17-7-4-5-13-6-8-21-10-13/h9,13H,4-8,10H2,1-3H3,(H,17,19)/t13-/m1/s1. The maximum atomic E-state index is 12.1. The van der Waals surface area contributed by atoms with Crippen molar-refractivity contribution in [1.82, 2.24) is 9.88 Å². The molecule has 1 aromatic heterocycles. The third kappa shape index (κ3) is 3.73. The summed E-state index contributed by atoms with van der Waals surface area (Å²) in [5.41, 5.74) is 1.83. The minimum atomic E-state index is -0.277. The van der Waals surface area contributed by atoms with Gasteiger partial charge in [-0.1, -0.05) is 0 Å². The molecule has 1 aliphatic rings. The smallest absolute Gasteiger partial charge is 0.263 e. The zero-order valence-electron chi connectivity index (χ0n) is 13.1. The van der Waals surface area contributed by atoms with Gasteiger partial charge in [0.2, 0.25) is 0 Å². The highest BCUT2D eigenvalue weighted by Crippen LogP contribution is 2.17. The van der Waals surface area contributed by atoms with Crippen molar-refractivity contribution in [2.24, 2.45) is 13.0 Å². The van der Waals surface area contributed by atoms with Gasteiger partial charge in [-0.2, -0.15) is 0 Å². The number of aryl methyl sites for hydroxylation is 1. The molecule has 2 rings (SSSR count). The Morgan fingerprint density at radius 1 is 1.48 bits per heavy atom. The molecule has 2 heterocycles. The quantitative estimate of drug-likeness (QED) is 0.838. The van der Waals surface area contributed by atoms with Gasteiger partial charge in [-0.15, -0.1) is 0 Å². The van der Waals surface area contributed by atoms with Crippen LogP contribution in [0.4, 0.5) is 0 Å². The monoisotopic (exact) mass is 292 g/mol. The Morgan fingerprint density at radius 2 is 2.24 bits per heavy atom. The second-order valence-electron chi connectivity index (χ2n) is 5.82. The molecule has 5 nitrogen and oxygen atoms in total. The highest BCUT2D eigenvalue weighted by atomic mass is 16.5. The summed E-state index contributed by atoms with van der Waals surface area (Å²) in [7, 11) is 1.70. The van der Waals surface area contributed by atoms with Gasteiger partial charge in [-0.25, -0.2) is 0 Å². The van der Waals surface area contributed by atoms with E-state index < -0.39 is 0 Å². The van der Waals surface area contributed by atoms with Crippen molar-refractivity contribution >= 4 is 5.91 Å². The van der Waals surface area contributed by atoms with Crippen molar-refractivity contribution in [2.75, 3.05) is 19.8 Å². The summed E-state index contributed by atoms with van der Waals surface area (Å²) in [6.45, 7) is 6.08. The van der Waals surface area contributed by atoms with E-state index in [1.54, 1.807) is 13.1 Å². The van der Waals surface area contributed by atoms with Crippen LogP contribution in [0.1, 0.15) is 40.9 Å². The fourth-order valence-corrected chi connectivity index (χ4v) is 2.64. The van der Waals surface area contributed by atoms with E-state index >= 15 is 0 Å². The molecule has 1 atom stereocenters. The van der Waals surface area contributed by atoms with Crippen LogP contribution in [0.5, 0.6) is 0 Å². The molecular formula is C16H24N2O3. The number of aromatic nitrogens is 1. The number of hydrogen-bond donors (Lipinski definition) is 1. The van der Waals surface area contributed by atoms with E-state index in [1.165, 1.54) is 4.57 Å². The SMILES string of the molecule is Cc1cc(C(=O)NCCC[C@@H]2CCOC2)c(=O)n(C)c1C. The van der Waals surface area contributed by atoms with E-state index in [2.05, 4.69) is 5.32 Å². The molecule has 0 spiro atoms. The molecule has 1 amide bonds. The van der Waals surface area contributed by atoms with Crippen molar-refractivity contribution in [3.63, 3.8) is 0 Å². The van der Waals surface area contributed by atoms with Crippen LogP contribution in [0.2, 0.25) is 0 Å². The Morgan fingerprint density at radius 3 is 2.90 bits per heavy atom. The average Bonchev–Trinajstić information content (AvgIpc) is 2.98. The van der Waals surface area contributed by atoms with Crippen LogP contribution in [0.3, 0.4) is 0 Å². The van der Waals surface area contributed by atoms with Gasteiger partial charge in [0.25, 0.3) is 11.5 Å². The van der Waals surface area contributed by atoms with Crippen LogP contribution in [0.25, 0.3) is 0 Å². The van der Waals surface area contributed by atoms with Crippen molar-refractivity contribution in [3.05, 3.63) is 33.2 Å². The Labute approximate surface area is 125 Å².